The highest BCUT2D eigenvalue weighted by atomic mass is 35.5. The molecule has 3 unspecified atom stereocenters. The van der Waals surface area contributed by atoms with Gasteiger partial charge in [0.25, 0.3) is 0 Å². The Bertz CT molecular complexity index is 1750. The van der Waals surface area contributed by atoms with Gasteiger partial charge in [-0.05, 0) is 120 Å². The standard InChI is InChI=1S/C40H47Cl3N2O6/c1-25-19-30(36(46)50-35-32(42)20-29(41)21-33(35)43)34(49-24-28-9-7-6-8-10-28)22-31(25)39-13-16-44(37(47)51-38(3,4)5)18-15-40(39,48)26(2)45(17-14-39)23-27-11-12-27/h6-10,19-22,26-27,48H,11-18,23-24H2,1-5H3. The van der Waals surface area contributed by atoms with Crippen LogP contribution in [0.3, 0.4) is 0 Å². The molecule has 0 spiro atoms. The minimum atomic E-state index is -1.20. The van der Waals surface area contributed by atoms with E-state index in [0.717, 1.165) is 29.8 Å². The summed E-state index contributed by atoms with van der Waals surface area (Å²) in [6, 6.07) is 16.1. The second-order valence-electron chi connectivity index (χ2n) is 15.4. The monoisotopic (exact) mass is 756 g/mol. The fourth-order valence-corrected chi connectivity index (χ4v) is 8.76. The Balaban J connectivity index is 1.43. The molecule has 8 nitrogen and oxygen atoms in total. The number of hydrogen-bond acceptors (Lipinski definition) is 7. The van der Waals surface area contributed by atoms with Crippen LogP contribution < -0.4 is 9.47 Å². The molecule has 1 N–H and O–H groups in total. The summed E-state index contributed by atoms with van der Waals surface area (Å²) in [6.45, 7) is 12.3. The van der Waals surface area contributed by atoms with Crippen molar-refractivity contribution in [3.8, 4) is 11.5 Å². The van der Waals surface area contributed by atoms with Crippen LogP contribution in [0, 0.1) is 12.8 Å². The summed E-state index contributed by atoms with van der Waals surface area (Å²) in [5.74, 6) is 0.263. The van der Waals surface area contributed by atoms with E-state index in [1.807, 2.05) is 64.1 Å². The van der Waals surface area contributed by atoms with E-state index in [1.54, 1.807) is 11.0 Å². The number of ether oxygens (including phenoxy) is 3. The predicted octanol–water partition coefficient (Wildman–Crippen LogP) is 9.26. The number of amides is 1. The van der Waals surface area contributed by atoms with Crippen molar-refractivity contribution >= 4 is 46.9 Å². The largest absolute Gasteiger partial charge is 0.488 e. The van der Waals surface area contributed by atoms with Crippen LogP contribution in [-0.4, -0.2) is 70.4 Å². The molecule has 0 bridgehead atoms. The Labute approximate surface area is 315 Å². The van der Waals surface area contributed by atoms with Crippen LogP contribution >= 0.6 is 34.8 Å². The summed E-state index contributed by atoms with van der Waals surface area (Å²) in [4.78, 5) is 31.5. The SMILES string of the molecule is Cc1cc(C(=O)Oc2c(Cl)cc(Cl)cc2Cl)c(OCc2ccccc2)cc1C12CCN(C(=O)OC(C)(C)C)CCC1(O)C(C)N(CC1CC1)CC2. The molecular weight excluding hydrogens is 711 g/mol. The van der Waals surface area contributed by atoms with Crippen molar-refractivity contribution in [2.45, 2.75) is 96.0 Å². The van der Waals surface area contributed by atoms with E-state index in [2.05, 4.69) is 11.8 Å². The van der Waals surface area contributed by atoms with Gasteiger partial charge in [0.15, 0.2) is 5.75 Å². The number of nitrogens with zero attached hydrogens (tertiary/aromatic N) is 2. The number of fused-ring (bicyclic) bond motifs is 1. The molecule has 6 rings (SSSR count). The number of halogens is 3. The van der Waals surface area contributed by atoms with Crippen molar-refractivity contribution in [3.63, 3.8) is 0 Å². The van der Waals surface area contributed by atoms with Crippen molar-refractivity contribution in [1.82, 2.24) is 9.80 Å². The molecule has 51 heavy (non-hydrogen) atoms. The summed E-state index contributed by atoms with van der Waals surface area (Å²) >= 11 is 18.9. The Morgan fingerprint density at radius 2 is 1.59 bits per heavy atom. The number of likely N-dealkylation sites (tertiary alicyclic amines) is 2. The lowest BCUT2D eigenvalue weighted by Crippen LogP contribution is -2.68. The maximum absolute atomic E-state index is 13.9. The maximum Gasteiger partial charge on any atom is 0.410 e. The lowest BCUT2D eigenvalue weighted by atomic mass is 9.57. The van der Waals surface area contributed by atoms with Gasteiger partial charge in [0, 0.05) is 36.1 Å². The van der Waals surface area contributed by atoms with E-state index in [4.69, 9.17) is 49.0 Å². The number of carbonyl (C=O) groups excluding carboxylic acids is 2. The second kappa shape index (κ2) is 14.8. The lowest BCUT2D eigenvalue weighted by Gasteiger charge is -2.58. The molecule has 2 saturated heterocycles. The molecule has 3 atom stereocenters. The highest BCUT2D eigenvalue weighted by Gasteiger charge is 2.60. The molecule has 1 saturated carbocycles. The number of piperidine rings is 1. The summed E-state index contributed by atoms with van der Waals surface area (Å²) in [5.41, 5.74) is 0.185. The van der Waals surface area contributed by atoms with E-state index in [-0.39, 0.29) is 40.1 Å². The third-order valence-electron chi connectivity index (χ3n) is 10.8. The number of benzene rings is 3. The normalized spacial score (nSPS) is 24.0. The first-order valence-electron chi connectivity index (χ1n) is 17.7. The molecule has 1 amide bonds. The van der Waals surface area contributed by atoms with Gasteiger partial charge >= 0.3 is 12.1 Å². The van der Waals surface area contributed by atoms with Gasteiger partial charge in [0.1, 0.15) is 23.5 Å². The molecule has 0 aromatic heterocycles. The van der Waals surface area contributed by atoms with Crippen molar-refractivity contribution < 1.29 is 28.9 Å². The molecule has 11 heteroatoms. The van der Waals surface area contributed by atoms with Gasteiger partial charge in [0.2, 0.25) is 0 Å². The minimum absolute atomic E-state index is 0.000645. The predicted molar refractivity (Wildman–Crippen MR) is 200 cm³/mol. The Morgan fingerprint density at radius 1 is 0.941 bits per heavy atom. The number of carbonyl (C=O) groups is 2. The topological polar surface area (TPSA) is 88.5 Å². The van der Waals surface area contributed by atoms with Crippen LogP contribution in [0.2, 0.25) is 15.1 Å². The highest BCUT2D eigenvalue weighted by molar-refractivity contribution is 6.40. The van der Waals surface area contributed by atoms with E-state index < -0.39 is 22.6 Å². The first-order valence-corrected chi connectivity index (χ1v) is 18.9. The van der Waals surface area contributed by atoms with Gasteiger partial charge in [-0.25, -0.2) is 9.59 Å². The third-order valence-corrected chi connectivity index (χ3v) is 11.5. The lowest BCUT2D eigenvalue weighted by molar-refractivity contribution is -0.136. The van der Waals surface area contributed by atoms with Crippen LogP contribution in [0.1, 0.15) is 86.8 Å². The summed E-state index contributed by atoms with van der Waals surface area (Å²) in [7, 11) is 0. The minimum Gasteiger partial charge on any atom is -0.488 e. The molecule has 274 valence electrons. The average Bonchev–Trinajstić information content (AvgIpc) is 3.90. The van der Waals surface area contributed by atoms with Crippen molar-refractivity contribution in [2.24, 2.45) is 5.92 Å². The molecule has 2 aliphatic heterocycles. The van der Waals surface area contributed by atoms with Gasteiger partial charge in [-0.2, -0.15) is 0 Å². The summed E-state index contributed by atoms with van der Waals surface area (Å²) < 4.78 is 18.0. The zero-order valence-corrected chi connectivity index (χ0v) is 32.2. The Morgan fingerprint density at radius 3 is 2.24 bits per heavy atom. The van der Waals surface area contributed by atoms with Gasteiger partial charge < -0.3 is 24.2 Å². The van der Waals surface area contributed by atoms with Crippen LogP contribution in [-0.2, 0) is 16.8 Å². The zero-order chi connectivity index (χ0) is 36.7. The van der Waals surface area contributed by atoms with E-state index in [0.29, 0.717) is 49.0 Å². The quantitative estimate of drug-likeness (QED) is 0.181. The summed E-state index contributed by atoms with van der Waals surface area (Å²) in [6.07, 6.45) is 3.58. The zero-order valence-electron chi connectivity index (χ0n) is 29.9. The van der Waals surface area contributed by atoms with Crippen LogP contribution in [0.4, 0.5) is 4.79 Å². The molecule has 3 aromatic rings. The van der Waals surface area contributed by atoms with Crippen molar-refractivity contribution in [1.29, 1.82) is 0 Å². The molecule has 3 fully saturated rings. The highest BCUT2D eigenvalue weighted by Crippen LogP contribution is 2.54. The smallest absolute Gasteiger partial charge is 0.410 e. The molecular formula is C40H47Cl3N2O6. The Hall–Kier alpha value is -3.01. The van der Waals surface area contributed by atoms with Gasteiger partial charge in [0.05, 0.1) is 15.6 Å². The average molecular weight is 758 g/mol. The first kappa shape index (κ1) is 37.7. The number of esters is 1. The van der Waals surface area contributed by atoms with Crippen molar-refractivity contribution in [3.05, 3.63) is 91.9 Å². The number of hydrogen-bond donors (Lipinski definition) is 1. The van der Waals surface area contributed by atoms with E-state index in [1.165, 1.54) is 25.0 Å². The second-order valence-corrected chi connectivity index (χ2v) is 16.6. The van der Waals surface area contributed by atoms with E-state index >= 15 is 0 Å². The number of aryl methyl sites for hydroxylation is 1. The maximum atomic E-state index is 13.9. The fourth-order valence-electron chi connectivity index (χ4n) is 7.86. The first-order chi connectivity index (χ1) is 24.1. The van der Waals surface area contributed by atoms with Gasteiger partial charge in [-0.15, -0.1) is 0 Å². The molecule has 3 aromatic carbocycles. The van der Waals surface area contributed by atoms with Crippen LogP contribution in [0.15, 0.2) is 54.6 Å². The molecule has 2 heterocycles. The number of rotatable bonds is 8. The Kier molecular flexibility index (Phi) is 10.9. The van der Waals surface area contributed by atoms with Crippen LogP contribution in [0.5, 0.6) is 11.5 Å². The van der Waals surface area contributed by atoms with Crippen LogP contribution in [0.25, 0.3) is 0 Å². The van der Waals surface area contributed by atoms with Crippen molar-refractivity contribution in [2.75, 3.05) is 26.2 Å². The molecule has 0 radical (unpaired) electrons. The van der Waals surface area contributed by atoms with E-state index in [9.17, 15) is 14.7 Å². The molecule has 3 aliphatic rings. The fraction of sp³-hybridized carbons (Fsp3) is 0.500. The molecule has 1 aliphatic carbocycles. The van der Waals surface area contributed by atoms with Gasteiger partial charge in [-0.1, -0.05) is 65.1 Å². The van der Waals surface area contributed by atoms with Gasteiger partial charge in [-0.3, -0.25) is 4.90 Å². The number of aliphatic hydroxyl groups is 1. The summed E-state index contributed by atoms with van der Waals surface area (Å²) in [5, 5.41) is 13.7. The third kappa shape index (κ3) is 8.01.